The van der Waals surface area contributed by atoms with Crippen molar-refractivity contribution < 1.29 is 13.6 Å². The molecule has 2 aromatic rings. The van der Waals surface area contributed by atoms with Crippen molar-refractivity contribution in [3.8, 4) is 0 Å². The third-order valence-corrected chi connectivity index (χ3v) is 3.47. The van der Waals surface area contributed by atoms with E-state index < -0.39 is 17.5 Å². The van der Waals surface area contributed by atoms with Crippen LogP contribution in [0, 0.1) is 11.6 Å². The van der Waals surface area contributed by atoms with Crippen LogP contribution >= 0.6 is 0 Å². The van der Waals surface area contributed by atoms with E-state index in [1.807, 2.05) is 4.57 Å². The van der Waals surface area contributed by atoms with Gasteiger partial charge in [-0.2, -0.15) is 0 Å². The number of carbonyl (C=O) groups excluding carboxylic acids is 1. The Morgan fingerprint density at radius 3 is 2.67 bits per heavy atom. The summed E-state index contributed by atoms with van der Waals surface area (Å²) in [4.78, 5) is 13.8. The summed E-state index contributed by atoms with van der Waals surface area (Å²) in [5.74, 6) is -1.35. The van der Waals surface area contributed by atoms with Gasteiger partial charge in [-0.15, -0.1) is 10.2 Å². The summed E-state index contributed by atoms with van der Waals surface area (Å²) in [6, 6.07) is 2.08. The van der Waals surface area contributed by atoms with Gasteiger partial charge in [0.05, 0.1) is 6.54 Å². The molecule has 0 saturated carbocycles. The summed E-state index contributed by atoms with van der Waals surface area (Å²) in [5, 5.41) is 10.1. The van der Waals surface area contributed by atoms with E-state index in [9.17, 15) is 13.6 Å². The van der Waals surface area contributed by atoms with Crippen LogP contribution in [0.15, 0.2) is 18.5 Å². The maximum Gasteiger partial charge on any atom is 0.254 e. The Labute approximate surface area is 119 Å². The molecule has 1 aromatic carbocycles. The highest BCUT2D eigenvalue weighted by Crippen LogP contribution is 2.22. The Morgan fingerprint density at radius 2 is 2.00 bits per heavy atom. The SMILES string of the molecule is CNc1c(F)cc(C(=O)N2CCn3cnnc3C2)cc1F. The molecule has 0 atom stereocenters. The first kappa shape index (κ1) is 13.5. The monoisotopic (exact) mass is 293 g/mol. The molecule has 110 valence electrons. The Balaban J connectivity index is 1.86. The van der Waals surface area contributed by atoms with Crippen molar-refractivity contribution in [2.75, 3.05) is 18.9 Å². The predicted octanol–water partition coefficient (Wildman–Crippen LogP) is 1.25. The van der Waals surface area contributed by atoms with Crippen LogP contribution in [0.3, 0.4) is 0 Å². The van der Waals surface area contributed by atoms with E-state index in [0.29, 0.717) is 18.9 Å². The summed E-state index contributed by atoms with van der Waals surface area (Å²) in [7, 11) is 1.42. The fourth-order valence-electron chi connectivity index (χ4n) is 2.36. The first-order valence-corrected chi connectivity index (χ1v) is 6.43. The standard InChI is InChI=1S/C13H13F2N5O/c1-16-12-9(14)4-8(5-10(12)15)13(21)19-2-3-20-7-17-18-11(20)6-19/h4-5,7,16H,2-3,6H2,1H3. The zero-order chi connectivity index (χ0) is 15.0. The highest BCUT2D eigenvalue weighted by molar-refractivity contribution is 5.94. The van der Waals surface area contributed by atoms with E-state index in [-0.39, 0.29) is 17.8 Å². The highest BCUT2D eigenvalue weighted by atomic mass is 19.1. The molecular formula is C13H13F2N5O. The minimum Gasteiger partial charge on any atom is -0.383 e. The number of benzene rings is 1. The fourth-order valence-corrected chi connectivity index (χ4v) is 2.36. The average molecular weight is 293 g/mol. The maximum absolute atomic E-state index is 13.7. The number of carbonyl (C=O) groups is 1. The highest BCUT2D eigenvalue weighted by Gasteiger charge is 2.24. The molecule has 0 saturated heterocycles. The second-order valence-electron chi connectivity index (χ2n) is 4.73. The van der Waals surface area contributed by atoms with Gasteiger partial charge in [0.2, 0.25) is 0 Å². The molecule has 0 bridgehead atoms. The quantitative estimate of drug-likeness (QED) is 0.905. The van der Waals surface area contributed by atoms with E-state index in [4.69, 9.17) is 0 Å². The lowest BCUT2D eigenvalue weighted by atomic mass is 10.1. The zero-order valence-corrected chi connectivity index (χ0v) is 11.3. The molecule has 2 heterocycles. The molecule has 0 unspecified atom stereocenters. The second-order valence-corrected chi connectivity index (χ2v) is 4.73. The Bertz CT molecular complexity index is 677. The van der Waals surface area contributed by atoms with Crippen molar-refractivity contribution in [2.45, 2.75) is 13.1 Å². The molecule has 6 nitrogen and oxygen atoms in total. The van der Waals surface area contributed by atoms with Crippen LogP contribution in [-0.2, 0) is 13.1 Å². The van der Waals surface area contributed by atoms with E-state index in [0.717, 1.165) is 12.1 Å². The Morgan fingerprint density at radius 1 is 1.29 bits per heavy atom. The van der Waals surface area contributed by atoms with Gasteiger partial charge in [-0.3, -0.25) is 4.79 Å². The number of amides is 1. The van der Waals surface area contributed by atoms with Crippen molar-refractivity contribution in [1.29, 1.82) is 0 Å². The molecule has 0 radical (unpaired) electrons. The molecule has 1 N–H and O–H groups in total. The van der Waals surface area contributed by atoms with Gasteiger partial charge in [0.1, 0.15) is 23.6 Å². The first-order chi connectivity index (χ1) is 10.1. The summed E-state index contributed by atoms with van der Waals surface area (Å²) in [6.07, 6.45) is 1.60. The van der Waals surface area contributed by atoms with Gasteiger partial charge in [-0.1, -0.05) is 0 Å². The topological polar surface area (TPSA) is 63.1 Å². The van der Waals surface area contributed by atoms with Crippen molar-refractivity contribution in [1.82, 2.24) is 19.7 Å². The molecule has 0 spiro atoms. The van der Waals surface area contributed by atoms with E-state index in [1.165, 1.54) is 11.9 Å². The molecule has 1 aliphatic heterocycles. The molecule has 3 rings (SSSR count). The number of fused-ring (bicyclic) bond motifs is 1. The molecule has 1 aliphatic rings. The van der Waals surface area contributed by atoms with Gasteiger partial charge in [-0.25, -0.2) is 8.78 Å². The second kappa shape index (κ2) is 5.12. The lowest BCUT2D eigenvalue weighted by Gasteiger charge is -2.27. The smallest absolute Gasteiger partial charge is 0.254 e. The fraction of sp³-hybridized carbons (Fsp3) is 0.308. The summed E-state index contributed by atoms with van der Waals surface area (Å²) in [5.41, 5.74) is -0.262. The normalized spacial score (nSPS) is 14.0. The number of nitrogens with one attached hydrogen (secondary N) is 1. The number of halogens is 2. The van der Waals surface area contributed by atoms with Crippen molar-refractivity contribution in [3.63, 3.8) is 0 Å². The van der Waals surface area contributed by atoms with Gasteiger partial charge in [0.15, 0.2) is 5.82 Å². The Hall–Kier alpha value is -2.51. The van der Waals surface area contributed by atoms with Gasteiger partial charge in [0.25, 0.3) is 5.91 Å². The third-order valence-electron chi connectivity index (χ3n) is 3.47. The third kappa shape index (κ3) is 2.32. The summed E-state index contributed by atoms with van der Waals surface area (Å²) >= 11 is 0. The lowest BCUT2D eigenvalue weighted by Crippen LogP contribution is -2.38. The lowest BCUT2D eigenvalue weighted by molar-refractivity contribution is 0.0706. The van der Waals surface area contributed by atoms with Crippen LogP contribution < -0.4 is 5.32 Å². The number of rotatable bonds is 2. The molecule has 21 heavy (non-hydrogen) atoms. The van der Waals surface area contributed by atoms with Crippen LogP contribution in [0.1, 0.15) is 16.2 Å². The number of anilines is 1. The van der Waals surface area contributed by atoms with Crippen molar-refractivity contribution in [2.24, 2.45) is 0 Å². The summed E-state index contributed by atoms with van der Waals surface area (Å²) in [6.45, 7) is 1.28. The Kier molecular flexibility index (Phi) is 3.28. The van der Waals surface area contributed by atoms with E-state index in [1.54, 1.807) is 6.33 Å². The molecule has 1 aromatic heterocycles. The largest absolute Gasteiger partial charge is 0.383 e. The molecule has 0 aliphatic carbocycles. The molecule has 8 heteroatoms. The molecule has 1 amide bonds. The van der Waals surface area contributed by atoms with Gasteiger partial charge >= 0.3 is 0 Å². The molecule has 0 fully saturated rings. The van der Waals surface area contributed by atoms with Crippen LogP contribution in [0.25, 0.3) is 0 Å². The van der Waals surface area contributed by atoms with Crippen LogP contribution in [-0.4, -0.2) is 39.2 Å². The average Bonchev–Trinajstić information content (AvgIpc) is 2.93. The predicted molar refractivity (Wildman–Crippen MR) is 70.7 cm³/mol. The summed E-state index contributed by atoms with van der Waals surface area (Å²) < 4.78 is 29.3. The minimum absolute atomic E-state index is 0.0167. The number of hydrogen-bond donors (Lipinski definition) is 1. The van der Waals surface area contributed by atoms with Crippen molar-refractivity contribution >= 4 is 11.6 Å². The minimum atomic E-state index is -0.791. The van der Waals surface area contributed by atoms with Crippen LogP contribution in [0.4, 0.5) is 14.5 Å². The van der Waals surface area contributed by atoms with Crippen LogP contribution in [0.5, 0.6) is 0 Å². The zero-order valence-electron chi connectivity index (χ0n) is 11.3. The van der Waals surface area contributed by atoms with Gasteiger partial charge in [0, 0.05) is 25.7 Å². The van der Waals surface area contributed by atoms with Crippen LogP contribution in [0.2, 0.25) is 0 Å². The van der Waals surface area contributed by atoms with E-state index >= 15 is 0 Å². The molecular weight excluding hydrogens is 280 g/mol. The van der Waals surface area contributed by atoms with Gasteiger partial charge in [-0.05, 0) is 12.1 Å². The van der Waals surface area contributed by atoms with Crippen molar-refractivity contribution in [3.05, 3.63) is 41.5 Å². The maximum atomic E-state index is 13.7. The number of hydrogen-bond acceptors (Lipinski definition) is 4. The first-order valence-electron chi connectivity index (χ1n) is 6.43. The number of aromatic nitrogens is 3. The number of nitrogens with zero attached hydrogens (tertiary/aromatic N) is 4. The van der Waals surface area contributed by atoms with E-state index in [2.05, 4.69) is 15.5 Å². The van der Waals surface area contributed by atoms with Gasteiger partial charge < -0.3 is 14.8 Å².